The van der Waals surface area contributed by atoms with E-state index in [9.17, 15) is 9.59 Å². The van der Waals surface area contributed by atoms with Crippen molar-refractivity contribution in [1.29, 1.82) is 0 Å². The molecule has 2 aromatic rings. The molecule has 6 rings (SSSR count). The number of Topliss-reactive ketones (excluding diaryl/α,β-unsaturated/α-hetero) is 2. The minimum absolute atomic E-state index is 0.00107. The van der Waals surface area contributed by atoms with E-state index in [-0.39, 0.29) is 30.0 Å². The second-order valence-electron chi connectivity index (χ2n) is 7.38. The standard InChI is InChI=1S/C20H16O5/c21-11-7-8-15-19-18(11)12(22)9-16(23-15)20(19)24-13-5-1-3-10-4-2-6-14(25-20)17(10)13/h1-6,15-16,18-19H,7-9H2/t15-,16+,18?,19-/m1/s1. The molecule has 2 saturated carbocycles. The van der Waals surface area contributed by atoms with E-state index in [1.54, 1.807) is 0 Å². The number of ether oxygens (including phenoxy) is 3. The van der Waals surface area contributed by atoms with E-state index < -0.39 is 17.8 Å². The molecular formula is C20H16O5. The number of hydrogen-bond donors (Lipinski definition) is 0. The Balaban J connectivity index is 1.56. The van der Waals surface area contributed by atoms with Gasteiger partial charge in [0, 0.05) is 12.8 Å². The van der Waals surface area contributed by atoms with Crippen molar-refractivity contribution in [2.45, 2.75) is 37.3 Å². The molecule has 2 heterocycles. The maximum Gasteiger partial charge on any atom is 0.284 e. The monoisotopic (exact) mass is 336 g/mol. The van der Waals surface area contributed by atoms with Crippen LogP contribution in [-0.4, -0.2) is 29.6 Å². The van der Waals surface area contributed by atoms with E-state index in [1.807, 2.05) is 36.4 Å². The fourth-order valence-corrected chi connectivity index (χ4v) is 5.15. The van der Waals surface area contributed by atoms with Crippen molar-refractivity contribution in [1.82, 2.24) is 0 Å². The fourth-order valence-electron chi connectivity index (χ4n) is 5.15. The van der Waals surface area contributed by atoms with Gasteiger partial charge in [-0.15, -0.1) is 0 Å². The molecule has 0 aromatic heterocycles. The van der Waals surface area contributed by atoms with Gasteiger partial charge in [-0.25, -0.2) is 0 Å². The van der Waals surface area contributed by atoms with Crippen molar-refractivity contribution < 1.29 is 23.8 Å². The van der Waals surface area contributed by atoms with Gasteiger partial charge in [-0.3, -0.25) is 9.59 Å². The summed E-state index contributed by atoms with van der Waals surface area (Å²) in [6.07, 6.45) is 0.558. The largest absolute Gasteiger partial charge is 0.448 e. The second-order valence-corrected chi connectivity index (χ2v) is 7.38. The molecule has 3 fully saturated rings. The van der Waals surface area contributed by atoms with Crippen molar-refractivity contribution in [3.8, 4) is 11.5 Å². The lowest BCUT2D eigenvalue weighted by atomic mass is 9.66. The van der Waals surface area contributed by atoms with Gasteiger partial charge in [-0.2, -0.15) is 0 Å². The predicted molar refractivity (Wildman–Crippen MR) is 87.4 cm³/mol. The first-order valence-corrected chi connectivity index (χ1v) is 8.78. The maximum atomic E-state index is 12.5. The van der Waals surface area contributed by atoms with Crippen molar-refractivity contribution in [3.63, 3.8) is 0 Å². The Morgan fingerprint density at radius 1 is 0.960 bits per heavy atom. The highest BCUT2D eigenvalue weighted by molar-refractivity contribution is 6.05. The van der Waals surface area contributed by atoms with Crippen LogP contribution in [0.5, 0.6) is 11.5 Å². The van der Waals surface area contributed by atoms with E-state index >= 15 is 0 Å². The summed E-state index contributed by atoms with van der Waals surface area (Å²) in [6, 6.07) is 11.8. The van der Waals surface area contributed by atoms with Gasteiger partial charge in [0.2, 0.25) is 0 Å². The molecule has 1 spiro atoms. The molecule has 2 aliphatic carbocycles. The molecule has 2 aliphatic heterocycles. The van der Waals surface area contributed by atoms with Gasteiger partial charge in [-0.1, -0.05) is 24.3 Å². The lowest BCUT2D eigenvalue weighted by Crippen LogP contribution is -2.64. The average Bonchev–Trinajstić information content (AvgIpc) is 2.81. The first kappa shape index (κ1) is 13.8. The minimum Gasteiger partial charge on any atom is -0.448 e. The highest BCUT2D eigenvalue weighted by Gasteiger charge is 2.71. The molecular weight excluding hydrogens is 320 g/mol. The number of rotatable bonds is 0. The van der Waals surface area contributed by atoms with Crippen LogP contribution >= 0.6 is 0 Å². The molecule has 4 aliphatic rings. The highest BCUT2D eigenvalue weighted by Crippen LogP contribution is 2.56. The summed E-state index contributed by atoms with van der Waals surface area (Å²) in [4.78, 5) is 25.0. The Bertz CT molecular complexity index is 908. The van der Waals surface area contributed by atoms with E-state index in [1.165, 1.54) is 0 Å². The zero-order valence-corrected chi connectivity index (χ0v) is 13.4. The van der Waals surface area contributed by atoms with Crippen LogP contribution in [0.15, 0.2) is 36.4 Å². The molecule has 1 unspecified atom stereocenters. The number of carbonyl (C=O) groups excluding carboxylic acids is 2. The zero-order valence-electron chi connectivity index (χ0n) is 13.4. The van der Waals surface area contributed by atoms with Crippen LogP contribution in [0.2, 0.25) is 0 Å². The van der Waals surface area contributed by atoms with Crippen molar-refractivity contribution in [3.05, 3.63) is 36.4 Å². The third-order valence-corrected chi connectivity index (χ3v) is 6.13. The summed E-state index contributed by atoms with van der Waals surface area (Å²) in [6.45, 7) is 0. The Morgan fingerprint density at radius 2 is 1.68 bits per heavy atom. The van der Waals surface area contributed by atoms with Crippen molar-refractivity contribution in [2.75, 3.05) is 0 Å². The highest BCUT2D eigenvalue weighted by atomic mass is 16.7. The zero-order chi connectivity index (χ0) is 16.8. The fraction of sp³-hybridized carbons (Fsp3) is 0.400. The van der Waals surface area contributed by atoms with E-state index in [4.69, 9.17) is 14.2 Å². The molecule has 126 valence electrons. The van der Waals surface area contributed by atoms with Crippen LogP contribution < -0.4 is 9.47 Å². The number of benzene rings is 2. The molecule has 4 atom stereocenters. The van der Waals surface area contributed by atoms with Gasteiger partial charge in [0.1, 0.15) is 29.2 Å². The first-order chi connectivity index (χ1) is 12.2. The molecule has 25 heavy (non-hydrogen) atoms. The van der Waals surface area contributed by atoms with Crippen molar-refractivity contribution >= 4 is 22.3 Å². The minimum atomic E-state index is -1.08. The first-order valence-electron chi connectivity index (χ1n) is 8.78. The van der Waals surface area contributed by atoms with Crippen LogP contribution in [0.1, 0.15) is 19.3 Å². The summed E-state index contributed by atoms with van der Waals surface area (Å²) in [5, 5.41) is 1.98. The predicted octanol–water partition coefficient (Wildman–Crippen LogP) is 2.64. The van der Waals surface area contributed by atoms with Crippen LogP contribution in [0.3, 0.4) is 0 Å². The Morgan fingerprint density at radius 3 is 2.40 bits per heavy atom. The molecule has 5 nitrogen and oxygen atoms in total. The Labute approximate surface area is 143 Å². The third-order valence-electron chi connectivity index (χ3n) is 6.13. The van der Waals surface area contributed by atoms with Gasteiger partial charge >= 0.3 is 0 Å². The topological polar surface area (TPSA) is 61.8 Å². The quantitative estimate of drug-likeness (QED) is 0.692. The summed E-state index contributed by atoms with van der Waals surface area (Å²) in [5.74, 6) is -0.678. The second kappa shape index (κ2) is 4.41. The summed E-state index contributed by atoms with van der Waals surface area (Å²) in [5.41, 5.74) is 0. The van der Waals surface area contributed by atoms with Crippen LogP contribution in [0.4, 0.5) is 0 Å². The molecule has 0 amide bonds. The molecule has 5 heteroatoms. The summed E-state index contributed by atoms with van der Waals surface area (Å²) in [7, 11) is 0. The maximum absolute atomic E-state index is 12.5. The van der Waals surface area contributed by atoms with Gasteiger partial charge in [0.15, 0.2) is 0 Å². The van der Waals surface area contributed by atoms with Gasteiger partial charge in [0.05, 0.1) is 23.3 Å². The van der Waals surface area contributed by atoms with Crippen LogP contribution in [0, 0.1) is 11.8 Å². The van der Waals surface area contributed by atoms with E-state index in [2.05, 4.69) is 0 Å². The van der Waals surface area contributed by atoms with Gasteiger partial charge in [-0.05, 0) is 23.9 Å². The molecule has 0 radical (unpaired) electrons. The normalized spacial score (nSPS) is 34.1. The summed E-state index contributed by atoms with van der Waals surface area (Å²) >= 11 is 0. The SMILES string of the molecule is O=C1CC[C@H]2O[C@H]3CC(=O)C1[C@@H]2C31Oc2cccc3cccc(c23)O1. The summed E-state index contributed by atoms with van der Waals surface area (Å²) < 4.78 is 19.0. The Kier molecular flexibility index (Phi) is 2.44. The number of carbonyl (C=O) groups is 2. The van der Waals surface area contributed by atoms with E-state index in [0.29, 0.717) is 12.8 Å². The number of ketones is 2. The average molecular weight is 336 g/mol. The van der Waals surface area contributed by atoms with Crippen molar-refractivity contribution in [2.24, 2.45) is 11.8 Å². The van der Waals surface area contributed by atoms with Gasteiger partial charge < -0.3 is 14.2 Å². The molecule has 0 N–H and O–H groups in total. The lowest BCUT2D eigenvalue weighted by Gasteiger charge is -2.47. The number of hydrogen-bond acceptors (Lipinski definition) is 5. The van der Waals surface area contributed by atoms with E-state index in [0.717, 1.165) is 22.3 Å². The third kappa shape index (κ3) is 1.57. The van der Waals surface area contributed by atoms with Crippen LogP contribution in [-0.2, 0) is 14.3 Å². The smallest absolute Gasteiger partial charge is 0.284 e. The molecule has 2 bridgehead atoms. The Hall–Kier alpha value is -2.40. The molecule has 1 saturated heterocycles. The van der Waals surface area contributed by atoms with Crippen LogP contribution in [0.25, 0.3) is 10.8 Å². The van der Waals surface area contributed by atoms with Gasteiger partial charge in [0.25, 0.3) is 5.79 Å². The molecule has 2 aromatic carbocycles. The lowest BCUT2D eigenvalue weighted by molar-refractivity contribution is -0.202.